The molecule has 0 atom stereocenters. The topological polar surface area (TPSA) is 35.2 Å². The lowest BCUT2D eigenvalue weighted by atomic mass is 9.74. The number of benzene rings is 1. The van der Waals surface area contributed by atoms with Crippen molar-refractivity contribution in [3.05, 3.63) is 28.3 Å². The van der Waals surface area contributed by atoms with Gasteiger partial charge in [0.05, 0.1) is 7.11 Å². The number of ether oxygens (including phenoxy) is 1. The van der Waals surface area contributed by atoms with E-state index < -0.39 is 0 Å². The van der Waals surface area contributed by atoms with Gasteiger partial charge in [-0.3, -0.25) is 0 Å². The van der Waals surface area contributed by atoms with Crippen molar-refractivity contribution in [1.29, 1.82) is 0 Å². The summed E-state index contributed by atoms with van der Waals surface area (Å²) in [5.41, 5.74) is 11.6. The Kier molecular flexibility index (Phi) is 3.67. The Hall–Kier alpha value is -1.02. The van der Waals surface area contributed by atoms with E-state index in [2.05, 4.69) is 26.8 Å². The highest BCUT2D eigenvalue weighted by atomic mass is 16.5. The second kappa shape index (κ2) is 4.93. The summed E-state index contributed by atoms with van der Waals surface area (Å²) in [6.07, 6.45) is 6.05. The zero-order chi connectivity index (χ0) is 13.3. The maximum absolute atomic E-state index is 6.67. The monoisotopic (exact) mass is 247 g/mol. The van der Waals surface area contributed by atoms with Crippen molar-refractivity contribution in [2.24, 2.45) is 5.73 Å². The van der Waals surface area contributed by atoms with Crippen molar-refractivity contribution in [1.82, 2.24) is 0 Å². The second-order valence-corrected chi connectivity index (χ2v) is 5.74. The molecule has 2 N–H and O–H groups in total. The largest absolute Gasteiger partial charge is 0.496 e. The van der Waals surface area contributed by atoms with Crippen LogP contribution in [-0.2, 0) is 5.54 Å². The number of hydrogen-bond acceptors (Lipinski definition) is 2. The zero-order valence-corrected chi connectivity index (χ0v) is 12.1. The SMILES string of the molecule is COc1c(C)cc(C2(N)CCCCC2)c(C)c1C. The fourth-order valence-corrected chi connectivity index (χ4v) is 3.34. The average Bonchev–Trinajstić information content (AvgIpc) is 2.35. The van der Waals surface area contributed by atoms with Crippen molar-refractivity contribution in [3.63, 3.8) is 0 Å². The minimum Gasteiger partial charge on any atom is -0.496 e. The third-order valence-corrected chi connectivity index (χ3v) is 4.51. The molecule has 1 aromatic carbocycles. The molecule has 0 spiro atoms. The Labute approximate surface area is 111 Å². The molecule has 0 bridgehead atoms. The summed E-state index contributed by atoms with van der Waals surface area (Å²) in [4.78, 5) is 0. The van der Waals surface area contributed by atoms with Crippen LogP contribution in [0.25, 0.3) is 0 Å². The van der Waals surface area contributed by atoms with E-state index in [9.17, 15) is 0 Å². The van der Waals surface area contributed by atoms with Crippen molar-refractivity contribution in [3.8, 4) is 5.75 Å². The number of nitrogens with two attached hydrogens (primary N) is 1. The number of hydrogen-bond donors (Lipinski definition) is 1. The molecule has 1 aliphatic rings. The van der Waals surface area contributed by atoms with Gasteiger partial charge in [0.1, 0.15) is 5.75 Å². The molecule has 0 radical (unpaired) electrons. The molecule has 1 saturated carbocycles. The standard InChI is InChI=1S/C16H25NO/c1-11-10-14(12(2)13(3)15(11)18-4)16(17)8-6-5-7-9-16/h10H,5-9,17H2,1-4H3. The average molecular weight is 247 g/mol. The lowest BCUT2D eigenvalue weighted by Gasteiger charge is -2.36. The molecule has 0 heterocycles. The number of rotatable bonds is 2. The quantitative estimate of drug-likeness (QED) is 0.864. The van der Waals surface area contributed by atoms with Crippen LogP contribution in [-0.4, -0.2) is 7.11 Å². The Balaban J connectivity index is 2.51. The minimum absolute atomic E-state index is 0.121. The van der Waals surface area contributed by atoms with Crippen LogP contribution in [0, 0.1) is 20.8 Å². The molecule has 0 unspecified atom stereocenters. The molecular weight excluding hydrogens is 222 g/mol. The van der Waals surface area contributed by atoms with Gasteiger partial charge in [0.25, 0.3) is 0 Å². The van der Waals surface area contributed by atoms with Crippen LogP contribution in [0.2, 0.25) is 0 Å². The summed E-state index contributed by atoms with van der Waals surface area (Å²) in [6.45, 7) is 6.42. The maximum atomic E-state index is 6.67. The van der Waals surface area contributed by atoms with Gasteiger partial charge in [-0.15, -0.1) is 0 Å². The summed E-state index contributed by atoms with van der Waals surface area (Å²) in [6, 6.07) is 2.24. The molecule has 0 aliphatic heterocycles. The molecule has 1 aliphatic carbocycles. The van der Waals surface area contributed by atoms with E-state index >= 15 is 0 Å². The third-order valence-electron chi connectivity index (χ3n) is 4.51. The van der Waals surface area contributed by atoms with Crippen LogP contribution in [0.5, 0.6) is 5.75 Å². The van der Waals surface area contributed by atoms with Gasteiger partial charge in [-0.25, -0.2) is 0 Å². The third kappa shape index (κ3) is 2.14. The molecule has 0 saturated heterocycles. The molecule has 1 fully saturated rings. The molecule has 100 valence electrons. The predicted molar refractivity (Wildman–Crippen MR) is 76.2 cm³/mol. The maximum Gasteiger partial charge on any atom is 0.124 e. The van der Waals surface area contributed by atoms with E-state index in [4.69, 9.17) is 10.5 Å². The van der Waals surface area contributed by atoms with Crippen molar-refractivity contribution < 1.29 is 4.74 Å². The van der Waals surface area contributed by atoms with Crippen molar-refractivity contribution >= 4 is 0 Å². The van der Waals surface area contributed by atoms with E-state index in [1.54, 1.807) is 7.11 Å². The predicted octanol–water partition coefficient (Wildman–Crippen LogP) is 3.74. The van der Waals surface area contributed by atoms with Gasteiger partial charge in [-0.1, -0.05) is 25.3 Å². The zero-order valence-electron chi connectivity index (χ0n) is 12.1. The number of methoxy groups -OCH3 is 1. The van der Waals surface area contributed by atoms with E-state index in [0.29, 0.717) is 0 Å². The van der Waals surface area contributed by atoms with Crippen LogP contribution >= 0.6 is 0 Å². The normalized spacial score (nSPS) is 18.7. The second-order valence-electron chi connectivity index (χ2n) is 5.74. The van der Waals surface area contributed by atoms with Crippen molar-refractivity contribution in [2.45, 2.75) is 58.4 Å². The Morgan fingerprint density at radius 3 is 2.22 bits per heavy atom. The van der Waals surface area contributed by atoms with Crippen molar-refractivity contribution in [2.75, 3.05) is 7.11 Å². The lowest BCUT2D eigenvalue weighted by Crippen LogP contribution is -2.39. The molecule has 2 nitrogen and oxygen atoms in total. The van der Waals surface area contributed by atoms with Crippen LogP contribution < -0.4 is 10.5 Å². The van der Waals surface area contributed by atoms with E-state index in [0.717, 1.165) is 18.6 Å². The molecule has 0 amide bonds. The fourth-order valence-electron chi connectivity index (χ4n) is 3.34. The summed E-state index contributed by atoms with van der Waals surface area (Å²) >= 11 is 0. The molecule has 2 heteroatoms. The smallest absolute Gasteiger partial charge is 0.124 e. The Morgan fingerprint density at radius 2 is 1.67 bits per heavy atom. The van der Waals surface area contributed by atoms with Crippen LogP contribution in [0.3, 0.4) is 0 Å². The first kappa shape index (κ1) is 13.4. The van der Waals surface area contributed by atoms with E-state index in [-0.39, 0.29) is 5.54 Å². The molecule has 18 heavy (non-hydrogen) atoms. The van der Waals surface area contributed by atoms with Gasteiger partial charge in [-0.05, 0) is 55.9 Å². The summed E-state index contributed by atoms with van der Waals surface area (Å²) in [5, 5.41) is 0. The molecule has 2 rings (SSSR count). The summed E-state index contributed by atoms with van der Waals surface area (Å²) in [7, 11) is 1.74. The van der Waals surface area contributed by atoms with E-state index in [1.807, 2.05) is 0 Å². The Morgan fingerprint density at radius 1 is 1.06 bits per heavy atom. The van der Waals surface area contributed by atoms with E-state index in [1.165, 1.54) is 41.5 Å². The molecule has 1 aromatic rings. The highest BCUT2D eigenvalue weighted by Crippen LogP contribution is 2.40. The highest BCUT2D eigenvalue weighted by molar-refractivity contribution is 5.51. The van der Waals surface area contributed by atoms with Gasteiger partial charge < -0.3 is 10.5 Å². The van der Waals surface area contributed by atoms with Crippen LogP contribution in [0.1, 0.15) is 54.4 Å². The van der Waals surface area contributed by atoms with Gasteiger partial charge in [0.15, 0.2) is 0 Å². The Bertz CT molecular complexity index is 445. The number of aryl methyl sites for hydroxylation is 1. The lowest BCUT2D eigenvalue weighted by molar-refractivity contribution is 0.300. The van der Waals surface area contributed by atoms with Crippen LogP contribution in [0.4, 0.5) is 0 Å². The van der Waals surface area contributed by atoms with Gasteiger partial charge in [0, 0.05) is 5.54 Å². The first-order valence-corrected chi connectivity index (χ1v) is 6.94. The minimum atomic E-state index is -0.121. The first-order valence-electron chi connectivity index (χ1n) is 6.94. The van der Waals surface area contributed by atoms with Gasteiger partial charge in [-0.2, -0.15) is 0 Å². The highest BCUT2D eigenvalue weighted by Gasteiger charge is 2.31. The van der Waals surface area contributed by atoms with Crippen LogP contribution in [0.15, 0.2) is 6.07 Å². The fraction of sp³-hybridized carbons (Fsp3) is 0.625. The summed E-state index contributed by atoms with van der Waals surface area (Å²) < 4.78 is 5.49. The molecule has 0 aromatic heterocycles. The van der Waals surface area contributed by atoms with Gasteiger partial charge >= 0.3 is 0 Å². The van der Waals surface area contributed by atoms with Gasteiger partial charge in [0.2, 0.25) is 0 Å². The molecular formula is C16H25NO. The summed E-state index contributed by atoms with van der Waals surface area (Å²) in [5.74, 6) is 1.01. The first-order chi connectivity index (χ1) is 8.49.